The summed E-state index contributed by atoms with van der Waals surface area (Å²) in [5.41, 5.74) is 0.588. The van der Waals surface area contributed by atoms with E-state index in [9.17, 15) is 4.79 Å². The van der Waals surface area contributed by atoms with Gasteiger partial charge >= 0.3 is 5.97 Å². The predicted octanol–water partition coefficient (Wildman–Crippen LogP) is 0.893. The van der Waals surface area contributed by atoms with Crippen molar-refractivity contribution in [3.05, 3.63) is 18.7 Å². The minimum atomic E-state index is -0.814. The van der Waals surface area contributed by atoms with Crippen molar-refractivity contribution in [1.29, 1.82) is 0 Å². The summed E-state index contributed by atoms with van der Waals surface area (Å²) in [6, 6.07) is 0. The first-order valence-corrected chi connectivity index (χ1v) is 5.70. The fraction of sp³-hybridized carbons (Fsp3) is 0.455. The molecule has 0 aliphatic heterocycles. The van der Waals surface area contributed by atoms with Crippen molar-refractivity contribution < 1.29 is 9.90 Å². The maximum Gasteiger partial charge on any atom is 0.308 e. The molecule has 2 rings (SSSR count). The topological polar surface area (TPSA) is 92.4 Å². The average Bonchev–Trinajstić information content (AvgIpc) is 2.77. The molecule has 0 saturated heterocycles. The van der Waals surface area contributed by atoms with Gasteiger partial charge in [0.25, 0.3) is 0 Å². The van der Waals surface area contributed by atoms with Crippen LogP contribution in [-0.4, -0.2) is 37.2 Å². The number of carbonyl (C=O) groups is 1. The van der Waals surface area contributed by atoms with Gasteiger partial charge in [-0.1, -0.05) is 13.8 Å². The highest BCUT2D eigenvalue weighted by Crippen LogP contribution is 2.14. The van der Waals surface area contributed by atoms with Crippen LogP contribution in [-0.2, 0) is 4.79 Å². The van der Waals surface area contributed by atoms with Crippen molar-refractivity contribution in [2.45, 2.75) is 13.8 Å². The molecule has 7 nitrogen and oxygen atoms in total. The minimum absolute atomic E-state index is 0.0487. The summed E-state index contributed by atoms with van der Waals surface area (Å²) in [6.45, 7) is 4.07. The molecule has 18 heavy (non-hydrogen) atoms. The molecular formula is C11H15N5O2. The van der Waals surface area contributed by atoms with E-state index >= 15 is 0 Å². The molecule has 0 aliphatic rings. The molecule has 0 saturated carbocycles. The number of aliphatic carboxylic acids is 1. The van der Waals surface area contributed by atoms with Crippen molar-refractivity contribution in [3.63, 3.8) is 0 Å². The van der Waals surface area contributed by atoms with Gasteiger partial charge < -0.3 is 10.4 Å². The Morgan fingerprint density at radius 2 is 2.33 bits per heavy atom. The minimum Gasteiger partial charge on any atom is -0.481 e. The lowest BCUT2D eigenvalue weighted by Crippen LogP contribution is -2.27. The number of nitrogens with one attached hydrogen (secondary N) is 1. The Morgan fingerprint density at radius 3 is 3.00 bits per heavy atom. The predicted molar refractivity (Wildman–Crippen MR) is 65.2 cm³/mol. The SMILES string of the molecule is CC(C)C(CNc1nccn2cnnc12)C(=O)O. The number of aromatic nitrogens is 4. The van der Waals surface area contributed by atoms with Gasteiger partial charge in [-0.3, -0.25) is 9.20 Å². The summed E-state index contributed by atoms with van der Waals surface area (Å²) in [6.07, 6.45) is 4.92. The van der Waals surface area contributed by atoms with E-state index in [0.29, 0.717) is 18.0 Å². The van der Waals surface area contributed by atoms with E-state index in [1.807, 2.05) is 13.8 Å². The van der Waals surface area contributed by atoms with Gasteiger partial charge in [0.1, 0.15) is 6.33 Å². The highest BCUT2D eigenvalue weighted by Gasteiger charge is 2.21. The van der Waals surface area contributed by atoms with Crippen LogP contribution in [0.5, 0.6) is 0 Å². The van der Waals surface area contributed by atoms with Crippen LogP contribution in [0.1, 0.15) is 13.8 Å². The number of nitrogens with zero attached hydrogens (tertiary/aromatic N) is 4. The van der Waals surface area contributed by atoms with Gasteiger partial charge in [0.2, 0.25) is 5.65 Å². The molecule has 2 N–H and O–H groups in total. The van der Waals surface area contributed by atoms with Crippen LogP contribution >= 0.6 is 0 Å². The second kappa shape index (κ2) is 4.99. The molecule has 1 atom stereocenters. The molecule has 0 spiro atoms. The number of hydrogen-bond acceptors (Lipinski definition) is 5. The number of hydrogen-bond donors (Lipinski definition) is 2. The van der Waals surface area contributed by atoms with Gasteiger partial charge in [-0.25, -0.2) is 4.98 Å². The van der Waals surface area contributed by atoms with E-state index in [1.165, 1.54) is 0 Å². The maximum atomic E-state index is 11.1. The summed E-state index contributed by atoms with van der Waals surface area (Å²) in [5, 5.41) is 19.8. The summed E-state index contributed by atoms with van der Waals surface area (Å²) in [4.78, 5) is 15.2. The van der Waals surface area contributed by atoms with Crippen molar-refractivity contribution in [2.24, 2.45) is 11.8 Å². The van der Waals surface area contributed by atoms with E-state index in [1.54, 1.807) is 23.1 Å². The second-order valence-corrected chi connectivity index (χ2v) is 4.41. The molecular weight excluding hydrogens is 234 g/mol. The largest absolute Gasteiger partial charge is 0.481 e. The third-order valence-electron chi connectivity index (χ3n) is 2.83. The number of carboxylic acid groups (broad SMARTS) is 1. The molecule has 2 heterocycles. The Morgan fingerprint density at radius 1 is 1.56 bits per heavy atom. The first kappa shape index (κ1) is 12.3. The lowest BCUT2D eigenvalue weighted by atomic mass is 9.96. The van der Waals surface area contributed by atoms with Crippen LogP contribution in [0.2, 0.25) is 0 Å². The lowest BCUT2D eigenvalue weighted by molar-refractivity contribution is -0.142. The molecule has 7 heteroatoms. The molecule has 0 fully saturated rings. The highest BCUT2D eigenvalue weighted by atomic mass is 16.4. The van der Waals surface area contributed by atoms with E-state index in [-0.39, 0.29) is 5.92 Å². The first-order valence-electron chi connectivity index (χ1n) is 5.70. The molecule has 2 aromatic heterocycles. The summed E-state index contributed by atoms with van der Waals surface area (Å²) in [7, 11) is 0. The Balaban J connectivity index is 2.14. The monoisotopic (exact) mass is 249 g/mol. The zero-order valence-corrected chi connectivity index (χ0v) is 10.2. The quantitative estimate of drug-likeness (QED) is 0.817. The van der Waals surface area contributed by atoms with E-state index in [2.05, 4.69) is 20.5 Å². The smallest absolute Gasteiger partial charge is 0.308 e. The lowest BCUT2D eigenvalue weighted by Gasteiger charge is -2.16. The molecule has 96 valence electrons. The van der Waals surface area contributed by atoms with Crippen molar-refractivity contribution in [3.8, 4) is 0 Å². The molecule has 2 aromatic rings. The summed E-state index contributed by atoms with van der Waals surface area (Å²) >= 11 is 0. The maximum absolute atomic E-state index is 11.1. The number of rotatable bonds is 5. The Kier molecular flexibility index (Phi) is 3.40. The molecule has 1 unspecified atom stereocenters. The van der Waals surface area contributed by atoms with Crippen molar-refractivity contribution in [1.82, 2.24) is 19.6 Å². The van der Waals surface area contributed by atoms with Crippen molar-refractivity contribution in [2.75, 3.05) is 11.9 Å². The van der Waals surface area contributed by atoms with Crippen LogP contribution in [0.4, 0.5) is 5.82 Å². The Hall–Kier alpha value is -2.18. The summed E-state index contributed by atoms with van der Waals surface area (Å²) in [5.74, 6) is -0.685. The van der Waals surface area contributed by atoms with Gasteiger partial charge in [-0.05, 0) is 5.92 Å². The Bertz CT molecular complexity index is 551. The number of anilines is 1. The van der Waals surface area contributed by atoms with Gasteiger partial charge in [0.05, 0.1) is 5.92 Å². The fourth-order valence-corrected chi connectivity index (χ4v) is 1.70. The summed E-state index contributed by atoms with van der Waals surface area (Å²) < 4.78 is 1.72. The van der Waals surface area contributed by atoms with Crippen LogP contribution in [0.3, 0.4) is 0 Å². The normalized spacial score (nSPS) is 12.8. The molecule has 0 aliphatic carbocycles. The molecule has 0 bridgehead atoms. The molecule has 0 amide bonds. The molecule has 0 radical (unpaired) electrons. The van der Waals surface area contributed by atoms with Gasteiger partial charge in [-0.15, -0.1) is 10.2 Å². The van der Waals surface area contributed by atoms with Crippen LogP contribution < -0.4 is 5.32 Å². The Labute approximate surface area is 104 Å². The zero-order valence-electron chi connectivity index (χ0n) is 10.2. The number of fused-ring (bicyclic) bond motifs is 1. The van der Waals surface area contributed by atoms with Gasteiger partial charge in [0, 0.05) is 18.9 Å². The van der Waals surface area contributed by atoms with E-state index in [4.69, 9.17) is 5.11 Å². The first-order chi connectivity index (χ1) is 8.59. The second-order valence-electron chi connectivity index (χ2n) is 4.41. The van der Waals surface area contributed by atoms with Crippen LogP contribution in [0, 0.1) is 11.8 Å². The van der Waals surface area contributed by atoms with E-state index in [0.717, 1.165) is 0 Å². The van der Waals surface area contributed by atoms with Gasteiger partial charge in [0.15, 0.2) is 5.82 Å². The third kappa shape index (κ3) is 2.39. The fourth-order valence-electron chi connectivity index (χ4n) is 1.70. The van der Waals surface area contributed by atoms with Crippen molar-refractivity contribution >= 4 is 17.4 Å². The van der Waals surface area contributed by atoms with Crippen LogP contribution in [0.15, 0.2) is 18.7 Å². The third-order valence-corrected chi connectivity index (χ3v) is 2.83. The number of carboxylic acids is 1. The highest BCUT2D eigenvalue weighted by molar-refractivity contribution is 5.71. The van der Waals surface area contributed by atoms with E-state index < -0.39 is 11.9 Å². The van der Waals surface area contributed by atoms with Gasteiger partial charge in [-0.2, -0.15) is 0 Å². The average molecular weight is 249 g/mol. The van der Waals surface area contributed by atoms with Crippen LogP contribution in [0.25, 0.3) is 5.65 Å². The standard InChI is InChI=1S/C11H15N5O2/c1-7(2)8(11(17)18)5-13-9-10-15-14-6-16(10)4-3-12-9/h3-4,6-8H,5H2,1-2H3,(H,12,13)(H,17,18). The zero-order chi connectivity index (χ0) is 13.1. The molecule has 0 aromatic carbocycles.